The molecule has 0 fully saturated rings. The number of aromatic nitrogens is 1. The monoisotopic (exact) mass is 278 g/mol. The van der Waals surface area contributed by atoms with E-state index in [9.17, 15) is 0 Å². The zero-order chi connectivity index (χ0) is 13.7. The average Bonchev–Trinajstić information content (AvgIpc) is 2.46. The van der Waals surface area contributed by atoms with Gasteiger partial charge in [-0.25, -0.2) is 4.98 Å². The van der Waals surface area contributed by atoms with Gasteiger partial charge in [0.2, 0.25) is 5.88 Å². The lowest BCUT2D eigenvalue weighted by Crippen LogP contribution is -2.02. The number of halogens is 1. The molecule has 0 bridgehead atoms. The molecular formula is C14H15ClN2O2. The summed E-state index contributed by atoms with van der Waals surface area (Å²) in [7, 11) is 3.23. The first kappa shape index (κ1) is 13.5. The number of anilines is 1. The Morgan fingerprint density at radius 2 is 2.00 bits per heavy atom. The maximum Gasteiger partial charge on any atom is 0.213 e. The van der Waals surface area contributed by atoms with E-state index in [4.69, 9.17) is 21.1 Å². The van der Waals surface area contributed by atoms with Crippen molar-refractivity contribution in [3.05, 3.63) is 47.1 Å². The van der Waals surface area contributed by atoms with Crippen LogP contribution in [0.1, 0.15) is 5.56 Å². The minimum Gasteiger partial charge on any atom is -0.496 e. The zero-order valence-corrected chi connectivity index (χ0v) is 11.6. The van der Waals surface area contributed by atoms with Crippen LogP contribution in [0.2, 0.25) is 5.02 Å². The minimum atomic E-state index is 0.589. The molecule has 19 heavy (non-hydrogen) atoms. The normalized spacial score (nSPS) is 10.1. The number of pyridine rings is 1. The van der Waals surface area contributed by atoms with E-state index in [-0.39, 0.29) is 0 Å². The lowest BCUT2D eigenvalue weighted by molar-refractivity contribution is 0.398. The van der Waals surface area contributed by atoms with Crippen molar-refractivity contribution in [1.82, 2.24) is 4.98 Å². The molecule has 0 saturated heterocycles. The highest BCUT2D eigenvalue weighted by molar-refractivity contribution is 6.30. The summed E-state index contributed by atoms with van der Waals surface area (Å²) in [6.45, 7) is 0.609. The fourth-order valence-corrected chi connectivity index (χ4v) is 1.88. The summed E-state index contributed by atoms with van der Waals surface area (Å²) in [5.41, 5.74) is 1.90. The fraction of sp³-hybridized carbons (Fsp3) is 0.214. The number of nitrogens with one attached hydrogen (secondary N) is 1. The molecule has 1 aromatic heterocycles. The lowest BCUT2D eigenvalue weighted by atomic mass is 10.2. The highest BCUT2D eigenvalue weighted by Gasteiger charge is 2.04. The van der Waals surface area contributed by atoms with Gasteiger partial charge in [0.05, 0.1) is 26.1 Å². The lowest BCUT2D eigenvalue weighted by Gasteiger charge is -2.11. The number of nitrogens with zero attached hydrogens (tertiary/aromatic N) is 1. The van der Waals surface area contributed by atoms with E-state index in [2.05, 4.69) is 10.3 Å². The van der Waals surface area contributed by atoms with Gasteiger partial charge in [-0.3, -0.25) is 0 Å². The summed E-state index contributed by atoms with van der Waals surface area (Å²) < 4.78 is 10.3. The Balaban J connectivity index is 2.07. The van der Waals surface area contributed by atoms with E-state index in [0.29, 0.717) is 17.4 Å². The molecule has 0 aliphatic carbocycles. The van der Waals surface area contributed by atoms with Crippen LogP contribution in [0.15, 0.2) is 36.5 Å². The van der Waals surface area contributed by atoms with Gasteiger partial charge in [0.1, 0.15) is 5.75 Å². The second-order valence-electron chi connectivity index (χ2n) is 3.90. The van der Waals surface area contributed by atoms with Crippen LogP contribution in [0.4, 0.5) is 5.69 Å². The standard InChI is InChI=1S/C14H15ClN2O2/c1-18-13-5-3-11(15)7-10(13)8-16-12-4-6-14(19-2)17-9-12/h3-7,9,16H,8H2,1-2H3. The van der Waals surface area contributed by atoms with Crippen molar-refractivity contribution in [3.8, 4) is 11.6 Å². The third-order valence-electron chi connectivity index (χ3n) is 2.67. The number of methoxy groups -OCH3 is 2. The van der Waals surface area contributed by atoms with Crippen molar-refractivity contribution in [2.45, 2.75) is 6.54 Å². The van der Waals surface area contributed by atoms with Gasteiger partial charge in [0, 0.05) is 23.2 Å². The third kappa shape index (κ3) is 3.51. The van der Waals surface area contributed by atoms with Gasteiger partial charge < -0.3 is 14.8 Å². The van der Waals surface area contributed by atoms with E-state index in [1.165, 1.54) is 0 Å². The van der Waals surface area contributed by atoms with Crippen LogP contribution < -0.4 is 14.8 Å². The van der Waals surface area contributed by atoms with Gasteiger partial charge >= 0.3 is 0 Å². The zero-order valence-electron chi connectivity index (χ0n) is 10.8. The van der Waals surface area contributed by atoms with Gasteiger partial charge in [-0.1, -0.05) is 11.6 Å². The average molecular weight is 279 g/mol. The van der Waals surface area contributed by atoms with Gasteiger partial charge in [-0.15, -0.1) is 0 Å². The molecule has 5 heteroatoms. The first-order valence-electron chi connectivity index (χ1n) is 5.79. The van der Waals surface area contributed by atoms with E-state index in [1.807, 2.05) is 18.2 Å². The van der Waals surface area contributed by atoms with Gasteiger partial charge in [0.15, 0.2) is 0 Å². The molecule has 0 aliphatic heterocycles. The van der Waals surface area contributed by atoms with E-state index < -0.39 is 0 Å². The number of rotatable bonds is 5. The molecule has 2 rings (SSSR count). The molecule has 1 aromatic carbocycles. The van der Waals surface area contributed by atoms with E-state index in [0.717, 1.165) is 17.0 Å². The molecule has 0 unspecified atom stereocenters. The van der Waals surface area contributed by atoms with Crippen LogP contribution in [0, 0.1) is 0 Å². The summed E-state index contributed by atoms with van der Waals surface area (Å²) in [4.78, 5) is 4.13. The second kappa shape index (κ2) is 6.29. The predicted molar refractivity (Wildman–Crippen MR) is 76.1 cm³/mol. The predicted octanol–water partition coefficient (Wildman–Crippen LogP) is 3.36. The Morgan fingerprint density at radius 1 is 1.16 bits per heavy atom. The van der Waals surface area contributed by atoms with Gasteiger partial charge in [-0.2, -0.15) is 0 Å². The minimum absolute atomic E-state index is 0.589. The fourth-order valence-electron chi connectivity index (χ4n) is 1.69. The molecule has 0 aliphatic rings. The summed E-state index contributed by atoms with van der Waals surface area (Å²) in [6, 6.07) is 9.25. The van der Waals surface area contributed by atoms with Crippen LogP contribution in [-0.4, -0.2) is 19.2 Å². The highest BCUT2D eigenvalue weighted by Crippen LogP contribution is 2.23. The maximum absolute atomic E-state index is 5.98. The first-order chi connectivity index (χ1) is 9.22. The molecule has 0 spiro atoms. The van der Waals surface area contributed by atoms with Crippen LogP contribution in [-0.2, 0) is 6.54 Å². The number of hydrogen-bond acceptors (Lipinski definition) is 4. The molecule has 2 aromatic rings. The Kier molecular flexibility index (Phi) is 4.47. The molecule has 4 nitrogen and oxygen atoms in total. The second-order valence-corrected chi connectivity index (χ2v) is 4.34. The molecule has 0 amide bonds. The third-order valence-corrected chi connectivity index (χ3v) is 2.91. The van der Waals surface area contributed by atoms with Crippen molar-refractivity contribution < 1.29 is 9.47 Å². The molecule has 1 heterocycles. The quantitative estimate of drug-likeness (QED) is 0.911. The summed E-state index contributed by atoms with van der Waals surface area (Å²) in [5.74, 6) is 1.39. The smallest absolute Gasteiger partial charge is 0.213 e. The topological polar surface area (TPSA) is 43.4 Å². The Bertz CT molecular complexity index is 544. The number of benzene rings is 1. The van der Waals surface area contributed by atoms with Crippen LogP contribution in [0.25, 0.3) is 0 Å². The molecule has 100 valence electrons. The van der Waals surface area contributed by atoms with E-state index >= 15 is 0 Å². The molecule has 0 atom stereocenters. The van der Waals surface area contributed by atoms with Crippen molar-refractivity contribution in [1.29, 1.82) is 0 Å². The summed E-state index contributed by atoms with van der Waals surface area (Å²) in [6.07, 6.45) is 1.72. The Labute approximate surface area is 117 Å². The molecular weight excluding hydrogens is 264 g/mol. The summed E-state index contributed by atoms with van der Waals surface area (Å²) in [5, 5.41) is 3.94. The highest BCUT2D eigenvalue weighted by atomic mass is 35.5. The van der Waals surface area contributed by atoms with Crippen LogP contribution in [0.5, 0.6) is 11.6 Å². The summed E-state index contributed by atoms with van der Waals surface area (Å²) >= 11 is 5.98. The first-order valence-corrected chi connectivity index (χ1v) is 6.17. The van der Waals surface area contributed by atoms with Crippen molar-refractivity contribution in [2.24, 2.45) is 0 Å². The molecule has 1 N–H and O–H groups in total. The van der Waals surface area contributed by atoms with Crippen molar-refractivity contribution in [2.75, 3.05) is 19.5 Å². The molecule has 0 radical (unpaired) electrons. The van der Waals surface area contributed by atoms with Crippen molar-refractivity contribution >= 4 is 17.3 Å². The number of ether oxygens (including phenoxy) is 2. The van der Waals surface area contributed by atoms with Crippen LogP contribution in [0.3, 0.4) is 0 Å². The molecule has 0 saturated carbocycles. The van der Waals surface area contributed by atoms with Gasteiger partial charge in [0.25, 0.3) is 0 Å². The Morgan fingerprint density at radius 3 is 2.63 bits per heavy atom. The maximum atomic E-state index is 5.98. The van der Waals surface area contributed by atoms with Crippen molar-refractivity contribution in [3.63, 3.8) is 0 Å². The Hall–Kier alpha value is -1.94. The largest absolute Gasteiger partial charge is 0.496 e. The number of hydrogen-bond donors (Lipinski definition) is 1. The van der Waals surface area contributed by atoms with E-state index in [1.54, 1.807) is 32.5 Å². The van der Waals surface area contributed by atoms with Gasteiger partial charge in [-0.05, 0) is 24.3 Å². The van der Waals surface area contributed by atoms with Crippen LogP contribution >= 0.6 is 11.6 Å². The SMILES string of the molecule is COc1ccc(NCc2cc(Cl)ccc2OC)cn1.